The van der Waals surface area contributed by atoms with Crippen LogP contribution in [-0.2, 0) is 19.6 Å². The number of phenolic OH excluding ortho intramolecular Hbond substituents is 1. The standard InChI is InChI=1S/C20H13I3O8S/c21-13-9-14(22)18(24)17(23)16(13)20(26)31-8-7-30-19(25)12-5-6-15(32(27,28)29)11-4-2-1-3-10(11)12/h1-6,9,24H,7-8H2,(H,27,28,29). The highest BCUT2D eigenvalue weighted by molar-refractivity contribution is 14.1. The summed E-state index contributed by atoms with van der Waals surface area (Å²) in [6, 6.07) is 10.2. The van der Waals surface area contributed by atoms with E-state index < -0.39 is 22.1 Å². The summed E-state index contributed by atoms with van der Waals surface area (Å²) >= 11 is 5.79. The fraction of sp³-hybridized carbons (Fsp3) is 0.100. The average Bonchev–Trinajstić information content (AvgIpc) is 2.73. The number of ether oxygens (including phenoxy) is 2. The van der Waals surface area contributed by atoms with Crippen molar-refractivity contribution >= 4 is 101 Å². The Labute approximate surface area is 223 Å². The predicted octanol–water partition coefficient (Wildman–Crippen LogP) is 4.62. The third kappa shape index (κ3) is 5.45. The van der Waals surface area contributed by atoms with Crippen molar-refractivity contribution in [2.24, 2.45) is 0 Å². The SMILES string of the molecule is O=C(OCCOC(=O)c1ccc(S(=O)(=O)O)c2ccccc12)c1c(I)cc(I)c(O)c1I. The molecular weight excluding hydrogens is 781 g/mol. The lowest BCUT2D eigenvalue weighted by atomic mass is 10.0. The van der Waals surface area contributed by atoms with E-state index in [2.05, 4.69) is 0 Å². The van der Waals surface area contributed by atoms with E-state index in [1.807, 2.05) is 67.8 Å². The van der Waals surface area contributed by atoms with Gasteiger partial charge in [0.15, 0.2) is 0 Å². The topological polar surface area (TPSA) is 127 Å². The molecule has 12 heteroatoms. The van der Waals surface area contributed by atoms with E-state index in [0.29, 0.717) is 16.1 Å². The summed E-state index contributed by atoms with van der Waals surface area (Å²) in [5.74, 6) is -1.41. The maximum absolute atomic E-state index is 12.5. The van der Waals surface area contributed by atoms with Crippen LogP contribution in [0.4, 0.5) is 0 Å². The van der Waals surface area contributed by atoms with Gasteiger partial charge in [0, 0.05) is 8.96 Å². The third-order valence-corrected chi connectivity index (χ3v) is 7.92. The van der Waals surface area contributed by atoms with Gasteiger partial charge in [-0.1, -0.05) is 24.3 Å². The van der Waals surface area contributed by atoms with Gasteiger partial charge in [0.1, 0.15) is 23.9 Å². The van der Waals surface area contributed by atoms with Crippen molar-refractivity contribution in [3.63, 3.8) is 0 Å². The zero-order valence-corrected chi connectivity index (χ0v) is 23.1. The Bertz CT molecular complexity index is 1340. The molecule has 0 saturated carbocycles. The minimum absolute atomic E-state index is 0.00906. The minimum atomic E-state index is -4.47. The van der Waals surface area contributed by atoms with Crippen molar-refractivity contribution in [2.45, 2.75) is 4.90 Å². The first kappa shape index (κ1) is 25.4. The largest absolute Gasteiger partial charge is 0.506 e. The predicted molar refractivity (Wildman–Crippen MR) is 141 cm³/mol. The quantitative estimate of drug-likeness (QED) is 0.160. The number of hydrogen-bond donors (Lipinski definition) is 2. The number of rotatable bonds is 6. The molecule has 0 aliphatic carbocycles. The Morgan fingerprint density at radius 1 is 0.875 bits per heavy atom. The Morgan fingerprint density at radius 2 is 1.47 bits per heavy atom. The van der Waals surface area contributed by atoms with E-state index in [9.17, 15) is 27.7 Å². The molecule has 168 valence electrons. The van der Waals surface area contributed by atoms with Crippen LogP contribution in [0, 0.1) is 10.7 Å². The fourth-order valence-corrected chi connectivity index (χ4v) is 7.37. The monoisotopic (exact) mass is 794 g/mol. The Hall–Kier alpha value is -1.24. The van der Waals surface area contributed by atoms with Crippen molar-refractivity contribution in [3.05, 3.63) is 64.3 Å². The summed E-state index contributed by atoms with van der Waals surface area (Å²) in [5, 5.41) is 10.5. The van der Waals surface area contributed by atoms with Crippen LogP contribution >= 0.6 is 67.8 Å². The molecular formula is C20H13I3O8S. The lowest BCUT2D eigenvalue weighted by molar-refractivity contribution is 0.0265. The third-order valence-electron chi connectivity index (χ3n) is 4.28. The van der Waals surface area contributed by atoms with Gasteiger partial charge in [0.25, 0.3) is 10.1 Å². The highest BCUT2D eigenvalue weighted by Crippen LogP contribution is 2.33. The zero-order chi connectivity index (χ0) is 23.6. The molecule has 0 radical (unpaired) electrons. The number of hydrogen-bond acceptors (Lipinski definition) is 7. The van der Waals surface area contributed by atoms with Crippen LogP contribution in [0.2, 0.25) is 0 Å². The molecule has 0 amide bonds. The summed E-state index contributed by atoms with van der Waals surface area (Å²) in [6.07, 6.45) is 0. The van der Waals surface area contributed by atoms with Gasteiger partial charge in [0.05, 0.1) is 18.3 Å². The van der Waals surface area contributed by atoms with E-state index in [0.717, 1.165) is 6.07 Å². The summed E-state index contributed by atoms with van der Waals surface area (Å²) in [7, 11) is -4.47. The summed E-state index contributed by atoms with van der Waals surface area (Å²) < 4.78 is 44.5. The summed E-state index contributed by atoms with van der Waals surface area (Å²) in [5.41, 5.74) is 0.327. The van der Waals surface area contributed by atoms with Crippen molar-refractivity contribution in [1.29, 1.82) is 0 Å². The second-order valence-corrected chi connectivity index (χ2v) is 11.1. The summed E-state index contributed by atoms with van der Waals surface area (Å²) in [4.78, 5) is 24.6. The van der Waals surface area contributed by atoms with Crippen LogP contribution in [0.25, 0.3) is 10.8 Å². The molecule has 3 aromatic carbocycles. The number of fused-ring (bicyclic) bond motifs is 1. The molecule has 3 aromatic rings. The van der Waals surface area contributed by atoms with Gasteiger partial charge in [-0.05, 0) is 91.4 Å². The second kappa shape index (κ2) is 10.4. The lowest BCUT2D eigenvalue weighted by Gasteiger charge is -2.12. The van der Waals surface area contributed by atoms with Gasteiger partial charge in [-0.25, -0.2) is 9.59 Å². The lowest BCUT2D eigenvalue weighted by Crippen LogP contribution is -2.16. The molecule has 0 aliphatic rings. The second-order valence-electron chi connectivity index (χ2n) is 6.28. The first-order chi connectivity index (χ1) is 15.0. The van der Waals surface area contributed by atoms with Crippen molar-refractivity contribution < 1.29 is 37.1 Å². The number of benzene rings is 3. The van der Waals surface area contributed by atoms with Crippen LogP contribution in [0.1, 0.15) is 20.7 Å². The molecule has 0 saturated heterocycles. The molecule has 3 rings (SSSR count). The molecule has 0 bridgehead atoms. The molecule has 0 aromatic heterocycles. The first-order valence-corrected chi connectivity index (χ1v) is 13.4. The first-order valence-electron chi connectivity index (χ1n) is 8.72. The van der Waals surface area contributed by atoms with Gasteiger partial charge in [-0.3, -0.25) is 4.55 Å². The van der Waals surface area contributed by atoms with Crippen LogP contribution in [-0.4, -0.2) is 43.2 Å². The number of halogens is 3. The molecule has 8 nitrogen and oxygen atoms in total. The van der Waals surface area contributed by atoms with Crippen molar-refractivity contribution in [2.75, 3.05) is 13.2 Å². The maximum Gasteiger partial charge on any atom is 0.340 e. The number of carbonyl (C=O) groups is 2. The van der Waals surface area contributed by atoms with Crippen LogP contribution < -0.4 is 0 Å². The molecule has 0 spiro atoms. The molecule has 0 fully saturated rings. The molecule has 0 aliphatic heterocycles. The molecule has 0 unspecified atom stereocenters. The summed E-state index contributed by atoms with van der Waals surface area (Å²) in [6.45, 7) is -0.451. The van der Waals surface area contributed by atoms with Gasteiger partial charge < -0.3 is 14.6 Å². The van der Waals surface area contributed by atoms with E-state index in [1.54, 1.807) is 18.2 Å². The molecule has 0 atom stereocenters. The van der Waals surface area contributed by atoms with Gasteiger partial charge in [-0.15, -0.1) is 0 Å². The van der Waals surface area contributed by atoms with Gasteiger partial charge >= 0.3 is 11.9 Å². The fourth-order valence-electron chi connectivity index (χ4n) is 2.86. The molecule has 0 heterocycles. The van der Waals surface area contributed by atoms with Crippen molar-refractivity contribution in [1.82, 2.24) is 0 Å². The highest BCUT2D eigenvalue weighted by Gasteiger charge is 2.22. The number of carbonyl (C=O) groups excluding carboxylic acids is 2. The van der Waals surface area contributed by atoms with Gasteiger partial charge in [0.2, 0.25) is 0 Å². The maximum atomic E-state index is 12.5. The van der Waals surface area contributed by atoms with Crippen LogP contribution in [0.15, 0.2) is 47.4 Å². The van der Waals surface area contributed by atoms with E-state index in [1.165, 1.54) is 18.2 Å². The molecule has 32 heavy (non-hydrogen) atoms. The number of aromatic hydroxyl groups is 1. The van der Waals surface area contributed by atoms with Crippen molar-refractivity contribution in [3.8, 4) is 5.75 Å². The Balaban J connectivity index is 1.70. The normalized spacial score (nSPS) is 11.4. The average molecular weight is 794 g/mol. The van der Waals surface area contributed by atoms with Crippen LogP contribution in [0.5, 0.6) is 5.75 Å². The minimum Gasteiger partial charge on any atom is -0.506 e. The van der Waals surface area contributed by atoms with E-state index in [-0.39, 0.29) is 40.4 Å². The Morgan fingerprint density at radius 3 is 2.09 bits per heavy atom. The Kier molecular flexibility index (Phi) is 8.21. The molecule has 2 N–H and O–H groups in total. The van der Waals surface area contributed by atoms with E-state index in [4.69, 9.17) is 9.47 Å². The van der Waals surface area contributed by atoms with E-state index >= 15 is 0 Å². The highest BCUT2D eigenvalue weighted by atomic mass is 127. The number of phenols is 1. The van der Waals surface area contributed by atoms with Gasteiger partial charge in [-0.2, -0.15) is 8.42 Å². The smallest absolute Gasteiger partial charge is 0.340 e. The van der Waals surface area contributed by atoms with Crippen LogP contribution in [0.3, 0.4) is 0 Å². The number of esters is 2. The zero-order valence-electron chi connectivity index (χ0n) is 15.8.